The maximum absolute atomic E-state index is 11.0. The van der Waals surface area contributed by atoms with Crippen LogP contribution in [0.4, 0.5) is 5.82 Å². The van der Waals surface area contributed by atoms with E-state index in [1.165, 1.54) is 6.92 Å². The van der Waals surface area contributed by atoms with E-state index < -0.39 is 0 Å². The minimum atomic E-state index is -0.176. The second kappa shape index (κ2) is 6.39. The average Bonchev–Trinajstić information content (AvgIpc) is 3.09. The molecular weight excluding hydrogens is 292 g/mol. The zero-order valence-electron chi connectivity index (χ0n) is 12.9. The van der Waals surface area contributed by atoms with E-state index in [4.69, 9.17) is 4.42 Å². The van der Waals surface area contributed by atoms with Crippen LogP contribution in [-0.2, 0) is 11.2 Å². The molecule has 3 heterocycles. The Morgan fingerprint density at radius 3 is 2.61 bits per heavy atom. The summed E-state index contributed by atoms with van der Waals surface area (Å²) >= 11 is 0. The lowest BCUT2D eigenvalue weighted by molar-refractivity contribution is -0.114. The first-order chi connectivity index (χ1) is 11.2. The summed E-state index contributed by atoms with van der Waals surface area (Å²) in [6.07, 6.45) is 7.47. The van der Waals surface area contributed by atoms with Crippen LogP contribution in [0.15, 0.2) is 47.5 Å². The molecule has 3 rings (SSSR count). The standard InChI is InChI=1S/C17H16N4O2/c1-3-12-8-18-14(16-5-4-6-23-16)7-13(12)15-9-20-17(10-19-15)21-11(2)22/h4-10H,3H2,1-2H3,(H,20,21,22). The summed E-state index contributed by atoms with van der Waals surface area (Å²) in [5, 5.41) is 2.61. The molecule has 0 saturated carbocycles. The average molecular weight is 308 g/mol. The highest BCUT2D eigenvalue weighted by molar-refractivity contribution is 5.87. The van der Waals surface area contributed by atoms with Crippen molar-refractivity contribution in [3.05, 3.63) is 48.6 Å². The van der Waals surface area contributed by atoms with Gasteiger partial charge in [0.25, 0.3) is 0 Å². The van der Waals surface area contributed by atoms with Gasteiger partial charge < -0.3 is 9.73 Å². The van der Waals surface area contributed by atoms with Crippen molar-refractivity contribution in [1.29, 1.82) is 0 Å². The van der Waals surface area contributed by atoms with Gasteiger partial charge >= 0.3 is 0 Å². The van der Waals surface area contributed by atoms with Crippen molar-refractivity contribution in [2.75, 3.05) is 5.32 Å². The lowest BCUT2D eigenvalue weighted by Crippen LogP contribution is -2.07. The molecule has 6 heteroatoms. The summed E-state index contributed by atoms with van der Waals surface area (Å²) in [4.78, 5) is 24.1. The maximum Gasteiger partial charge on any atom is 0.222 e. The maximum atomic E-state index is 11.0. The largest absolute Gasteiger partial charge is 0.463 e. The van der Waals surface area contributed by atoms with Crippen molar-refractivity contribution in [2.45, 2.75) is 20.3 Å². The summed E-state index contributed by atoms with van der Waals surface area (Å²) in [6.45, 7) is 3.50. The molecule has 0 aromatic carbocycles. The lowest BCUT2D eigenvalue weighted by Gasteiger charge is -2.09. The molecule has 1 amide bonds. The van der Waals surface area contributed by atoms with Crippen LogP contribution in [-0.4, -0.2) is 20.9 Å². The van der Waals surface area contributed by atoms with Gasteiger partial charge in [-0.1, -0.05) is 6.92 Å². The highest BCUT2D eigenvalue weighted by Crippen LogP contribution is 2.27. The molecule has 3 aromatic rings. The third-order valence-corrected chi connectivity index (χ3v) is 3.37. The van der Waals surface area contributed by atoms with Crippen molar-refractivity contribution in [2.24, 2.45) is 0 Å². The summed E-state index contributed by atoms with van der Waals surface area (Å²) in [5.74, 6) is 0.960. The topological polar surface area (TPSA) is 80.9 Å². The highest BCUT2D eigenvalue weighted by Gasteiger charge is 2.11. The van der Waals surface area contributed by atoms with Crippen LogP contribution < -0.4 is 5.32 Å². The second-order valence-electron chi connectivity index (χ2n) is 5.03. The third-order valence-electron chi connectivity index (χ3n) is 3.37. The molecule has 0 radical (unpaired) electrons. The SMILES string of the molecule is CCc1cnc(-c2ccco2)cc1-c1cnc(NC(C)=O)cn1. The molecule has 116 valence electrons. The zero-order chi connectivity index (χ0) is 16.2. The molecule has 0 aliphatic rings. The number of amides is 1. The molecule has 23 heavy (non-hydrogen) atoms. The second-order valence-corrected chi connectivity index (χ2v) is 5.03. The van der Waals surface area contributed by atoms with Gasteiger partial charge in [0.05, 0.1) is 24.4 Å². The van der Waals surface area contributed by atoms with Crippen LogP contribution in [0.5, 0.6) is 0 Å². The molecule has 3 aromatic heterocycles. The first-order valence-corrected chi connectivity index (χ1v) is 7.30. The minimum Gasteiger partial charge on any atom is -0.463 e. The fourth-order valence-corrected chi connectivity index (χ4v) is 2.27. The van der Waals surface area contributed by atoms with Gasteiger partial charge in [0, 0.05) is 18.7 Å². The van der Waals surface area contributed by atoms with Gasteiger partial charge in [-0.2, -0.15) is 0 Å². The lowest BCUT2D eigenvalue weighted by atomic mass is 10.0. The van der Waals surface area contributed by atoms with Gasteiger partial charge in [0.15, 0.2) is 11.6 Å². The van der Waals surface area contributed by atoms with Crippen LogP contribution in [0, 0.1) is 0 Å². The van der Waals surface area contributed by atoms with E-state index in [0.29, 0.717) is 11.6 Å². The van der Waals surface area contributed by atoms with E-state index >= 15 is 0 Å². The Morgan fingerprint density at radius 1 is 1.17 bits per heavy atom. The fourth-order valence-electron chi connectivity index (χ4n) is 2.27. The fraction of sp³-hybridized carbons (Fsp3) is 0.176. The Kier molecular flexibility index (Phi) is 4.14. The number of hydrogen-bond acceptors (Lipinski definition) is 5. The third kappa shape index (κ3) is 3.26. The number of carbonyl (C=O) groups is 1. The van der Waals surface area contributed by atoms with Crippen molar-refractivity contribution in [1.82, 2.24) is 15.0 Å². The highest BCUT2D eigenvalue weighted by atomic mass is 16.3. The molecule has 0 saturated heterocycles. The molecule has 0 spiro atoms. The minimum absolute atomic E-state index is 0.176. The molecule has 0 bridgehead atoms. The molecule has 0 aliphatic heterocycles. The monoisotopic (exact) mass is 308 g/mol. The Morgan fingerprint density at radius 2 is 2.00 bits per heavy atom. The number of hydrogen-bond donors (Lipinski definition) is 1. The number of rotatable bonds is 4. The molecule has 0 aliphatic carbocycles. The first-order valence-electron chi connectivity index (χ1n) is 7.30. The molecule has 0 unspecified atom stereocenters. The van der Waals surface area contributed by atoms with E-state index in [0.717, 1.165) is 28.9 Å². The van der Waals surface area contributed by atoms with Crippen LogP contribution in [0.1, 0.15) is 19.4 Å². The van der Waals surface area contributed by atoms with Gasteiger partial charge in [-0.05, 0) is 30.2 Å². The summed E-state index contributed by atoms with van der Waals surface area (Å²) < 4.78 is 5.40. The number of anilines is 1. The Balaban J connectivity index is 2.00. The van der Waals surface area contributed by atoms with Gasteiger partial charge in [-0.3, -0.25) is 14.8 Å². The predicted octanol–water partition coefficient (Wildman–Crippen LogP) is 3.32. The molecular formula is C17H16N4O2. The van der Waals surface area contributed by atoms with Gasteiger partial charge in [0.1, 0.15) is 5.69 Å². The molecule has 1 N–H and O–H groups in total. The van der Waals surface area contributed by atoms with Gasteiger partial charge in [-0.25, -0.2) is 4.98 Å². The summed E-state index contributed by atoms with van der Waals surface area (Å²) in [6, 6.07) is 5.63. The van der Waals surface area contributed by atoms with Crippen molar-refractivity contribution >= 4 is 11.7 Å². The van der Waals surface area contributed by atoms with Gasteiger partial charge in [0.2, 0.25) is 5.91 Å². The number of aromatic nitrogens is 3. The van der Waals surface area contributed by atoms with Crippen LogP contribution >= 0.6 is 0 Å². The Labute approximate surface area is 133 Å². The predicted molar refractivity (Wildman–Crippen MR) is 86.6 cm³/mol. The molecule has 6 nitrogen and oxygen atoms in total. The summed E-state index contributed by atoms with van der Waals surface area (Å²) in [7, 11) is 0. The van der Waals surface area contributed by atoms with Crippen LogP contribution in [0.25, 0.3) is 22.7 Å². The first kappa shape index (κ1) is 14.9. The number of furan rings is 1. The van der Waals surface area contributed by atoms with E-state index in [1.54, 1.807) is 18.7 Å². The Bertz CT molecular complexity index is 811. The molecule has 0 fully saturated rings. The summed E-state index contributed by atoms with van der Waals surface area (Å²) in [5.41, 5.74) is 3.50. The van der Waals surface area contributed by atoms with E-state index in [1.807, 2.05) is 24.4 Å². The quantitative estimate of drug-likeness (QED) is 0.799. The molecule has 0 atom stereocenters. The number of aryl methyl sites for hydroxylation is 1. The number of nitrogens with one attached hydrogen (secondary N) is 1. The van der Waals surface area contributed by atoms with E-state index in [9.17, 15) is 4.79 Å². The van der Waals surface area contributed by atoms with Crippen molar-refractivity contribution in [3.8, 4) is 22.7 Å². The zero-order valence-corrected chi connectivity index (χ0v) is 12.9. The smallest absolute Gasteiger partial charge is 0.222 e. The van der Waals surface area contributed by atoms with E-state index in [-0.39, 0.29) is 5.91 Å². The van der Waals surface area contributed by atoms with Crippen LogP contribution in [0.3, 0.4) is 0 Å². The van der Waals surface area contributed by atoms with Gasteiger partial charge in [-0.15, -0.1) is 0 Å². The number of nitrogens with zero attached hydrogens (tertiary/aromatic N) is 3. The normalized spacial score (nSPS) is 10.5. The van der Waals surface area contributed by atoms with Crippen LogP contribution in [0.2, 0.25) is 0 Å². The van der Waals surface area contributed by atoms with Crippen molar-refractivity contribution in [3.63, 3.8) is 0 Å². The van der Waals surface area contributed by atoms with E-state index in [2.05, 4.69) is 27.2 Å². The van der Waals surface area contributed by atoms with Crippen molar-refractivity contribution < 1.29 is 9.21 Å². The number of pyridine rings is 1. The number of carbonyl (C=O) groups excluding carboxylic acids is 1. The Hall–Kier alpha value is -3.02.